The van der Waals surface area contributed by atoms with E-state index in [1.165, 1.54) is 12.5 Å². The fraction of sp³-hybridized carbons (Fsp3) is 0.591. The van der Waals surface area contributed by atoms with Gasteiger partial charge in [-0.2, -0.15) is 0 Å². The highest BCUT2D eigenvalue weighted by Crippen LogP contribution is 2.39. The number of nitrogens with zero attached hydrogens (tertiary/aromatic N) is 3. The molecule has 3 aliphatic rings. The van der Waals surface area contributed by atoms with Crippen molar-refractivity contribution < 1.29 is 14.4 Å². The van der Waals surface area contributed by atoms with Crippen LogP contribution >= 0.6 is 0 Å². The van der Waals surface area contributed by atoms with Crippen LogP contribution in [0.4, 0.5) is 5.69 Å². The minimum atomic E-state index is -0.196. The van der Waals surface area contributed by atoms with E-state index >= 15 is 0 Å². The van der Waals surface area contributed by atoms with Gasteiger partial charge in [-0.3, -0.25) is 19.3 Å². The van der Waals surface area contributed by atoms with Gasteiger partial charge in [0.05, 0.1) is 6.54 Å². The Hall–Kier alpha value is -2.41. The van der Waals surface area contributed by atoms with Gasteiger partial charge >= 0.3 is 0 Å². The largest absolute Gasteiger partial charge is 0.352 e. The normalized spacial score (nSPS) is 23.3. The number of fused-ring (bicyclic) bond motifs is 1. The van der Waals surface area contributed by atoms with Gasteiger partial charge in [0.15, 0.2) is 0 Å². The lowest BCUT2D eigenvalue weighted by atomic mass is 9.84. The number of para-hydroxylation sites is 1. The summed E-state index contributed by atoms with van der Waals surface area (Å²) in [6.07, 6.45) is 3.40. The third-order valence-corrected chi connectivity index (χ3v) is 6.72. The molecule has 0 saturated carbocycles. The van der Waals surface area contributed by atoms with Gasteiger partial charge in [0, 0.05) is 57.3 Å². The Morgan fingerprint density at radius 2 is 1.83 bits per heavy atom. The van der Waals surface area contributed by atoms with E-state index in [-0.39, 0.29) is 29.3 Å². The lowest BCUT2D eigenvalue weighted by Crippen LogP contribution is -2.54. The van der Waals surface area contributed by atoms with E-state index in [4.69, 9.17) is 0 Å². The fourth-order valence-corrected chi connectivity index (χ4v) is 5.37. The number of amides is 3. The van der Waals surface area contributed by atoms with Crippen LogP contribution in [-0.2, 0) is 20.8 Å². The number of nitrogens with one attached hydrogen (secondary N) is 1. The molecule has 0 aromatic heterocycles. The number of carbonyl (C=O) groups excluding carboxylic acids is 3. The smallest absolute Gasteiger partial charge is 0.241 e. The van der Waals surface area contributed by atoms with Crippen LogP contribution in [0.5, 0.6) is 0 Å². The zero-order valence-corrected chi connectivity index (χ0v) is 17.3. The Labute approximate surface area is 172 Å². The predicted octanol–water partition coefficient (Wildman–Crippen LogP) is 1.17. The van der Waals surface area contributed by atoms with Crippen LogP contribution in [0.15, 0.2) is 24.3 Å². The maximum absolute atomic E-state index is 12.9. The van der Waals surface area contributed by atoms with Crippen molar-refractivity contribution in [2.24, 2.45) is 0 Å². The zero-order chi connectivity index (χ0) is 20.6. The molecular weight excluding hydrogens is 368 g/mol. The van der Waals surface area contributed by atoms with Crippen LogP contribution in [-0.4, -0.2) is 71.8 Å². The highest BCUT2D eigenvalue weighted by molar-refractivity contribution is 5.96. The Kier molecular flexibility index (Phi) is 5.34. The first-order valence-electron chi connectivity index (χ1n) is 10.5. The van der Waals surface area contributed by atoms with Crippen LogP contribution in [0, 0.1) is 0 Å². The van der Waals surface area contributed by atoms with Crippen molar-refractivity contribution in [1.29, 1.82) is 0 Å². The van der Waals surface area contributed by atoms with Gasteiger partial charge < -0.3 is 15.1 Å². The Bertz CT molecular complexity index is 816. The van der Waals surface area contributed by atoms with E-state index in [0.717, 1.165) is 51.0 Å². The standard InChI is InChI=1S/C22H30N4O3/c1-16(27)23-19-13-22(26(14-19)17(2)28)8-11-24(12-9-22)15-21(29)25-10-7-18-5-3-4-6-20(18)25/h3-6,19H,7-15H2,1-2H3,(H,23,27). The van der Waals surface area contributed by atoms with Crippen LogP contribution in [0.3, 0.4) is 0 Å². The highest BCUT2D eigenvalue weighted by Gasteiger charge is 2.48. The molecule has 1 unspecified atom stereocenters. The summed E-state index contributed by atoms with van der Waals surface area (Å²) in [4.78, 5) is 42.7. The van der Waals surface area contributed by atoms with E-state index in [9.17, 15) is 14.4 Å². The number of likely N-dealkylation sites (tertiary alicyclic amines) is 2. The van der Waals surface area contributed by atoms with Crippen LogP contribution in [0.1, 0.15) is 38.7 Å². The highest BCUT2D eigenvalue weighted by atomic mass is 16.2. The summed E-state index contributed by atoms with van der Waals surface area (Å²) in [5, 5.41) is 2.98. The molecule has 1 aromatic rings. The van der Waals surface area contributed by atoms with Gasteiger partial charge in [-0.25, -0.2) is 0 Å². The molecular formula is C22H30N4O3. The fourth-order valence-electron chi connectivity index (χ4n) is 5.37. The number of anilines is 1. The average molecular weight is 399 g/mol. The first kappa shape index (κ1) is 19.9. The molecule has 1 spiro atoms. The summed E-state index contributed by atoms with van der Waals surface area (Å²) < 4.78 is 0. The molecule has 1 aromatic carbocycles. The molecule has 4 rings (SSSR count). The third kappa shape index (κ3) is 3.88. The molecule has 1 N–H and O–H groups in total. The minimum Gasteiger partial charge on any atom is -0.352 e. The van der Waals surface area contributed by atoms with Crippen LogP contribution < -0.4 is 10.2 Å². The first-order valence-corrected chi connectivity index (χ1v) is 10.5. The Morgan fingerprint density at radius 1 is 1.10 bits per heavy atom. The van der Waals surface area contributed by atoms with Crippen molar-refractivity contribution in [1.82, 2.24) is 15.1 Å². The third-order valence-electron chi connectivity index (χ3n) is 6.72. The Morgan fingerprint density at radius 3 is 2.52 bits per heavy atom. The quantitative estimate of drug-likeness (QED) is 0.830. The van der Waals surface area contributed by atoms with Gasteiger partial charge in [-0.15, -0.1) is 0 Å². The molecule has 156 valence electrons. The summed E-state index contributed by atoms with van der Waals surface area (Å²) in [5.74, 6) is 0.164. The number of hydrogen-bond acceptors (Lipinski definition) is 4. The van der Waals surface area contributed by atoms with Crippen LogP contribution in [0.2, 0.25) is 0 Å². The van der Waals surface area contributed by atoms with Gasteiger partial charge in [-0.05, 0) is 37.3 Å². The molecule has 29 heavy (non-hydrogen) atoms. The van der Waals surface area contributed by atoms with Crippen molar-refractivity contribution in [2.45, 2.75) is 51.1 Å². The monoisotopic (exact) mass is 398 g/mol. The number of piperidine rings is 1. The van der Waals surface area contributed by atoms with Crippen molar-refractivity contribution >= 4 is 23.4 Å². The van der Waals surface area contributed by atoms with E-state index in [1.54, 1.807) is 6.92 Å². The Balaban J connectivity index is 1.37. The topological polar surface area (TPSA) is 73.0 Å². The maximum atomic E-state index is 12.9. The molecule has 7 nitrogen and oxygen atoms in total. The van der Waals surface area contributed by atoms with Gasteiger partial charge in [-0.1, -0.05) is 18.2 Å². The SMILES string of the molecule is CC(=O)NC1CN(C(C)=O)C2(CCN(CC(=O)N3CCc4ccccc43)CC2)C1. The average Bonchev–Trinajstić information content (AvgIpc) is 3.25. The molecule has 3 amide bonds. The predicted molar refractivity (Wildman–Crippen MR) is 111 cm³/mol. The van der Waals surface area contributed by atoms with Crippen molar-refractivity contribution in [2.75, 3.05) is 37.6 Å². The van der Waals surface area contributed by atoms with Crippen molar-refractivity contribution in [3.05, 3.63) is 29.8 Å². The summed E-state index contributed by atoms with van der Waals surface area (Å²) >= 11 is 0. The van der Waals surface area contributed by atoms with E-state index in [2.05, 4.69) is 16.3 Å². The number of carbonyl (C=O) groups is 3. The summed E-state index contributed by atoms with van der Waals surface area (Å²) in [5.41, 5.74) is 2.09. The molecule has 3 aliphatic heterocycles. The minimum absolute atomic E-state index is 0.0192. The second-order valence-corrected chi connectivity index (χ2v) is 8.66. The second kappa shape index (κ2) is 7.78. The lowest BCUT2D eigenvalue weighted by molar-refractivity contribution is -0.135. The van der Waals surface area contributed by atoms with Gasteiger partial charge in [0.1, 0.15) is 0 Å². The molecule has 0 bridgehead atoms. The molecule has 7 heteroatoms. The number of benzene rings is 1. The zero-order valence-electron chi connectivity index (χ0n) is 17.3. The molecule has 1 atom stereocenters. The van der Waals surface area contributed by atoms with Crippen LogP contribution in [0.25, 0.3) is 0 Å². The van der Waals surface area contributed by atoms with Crippen molar-refractivity contribution in [3.63, 3.8) is 0 Å². The van der Waals surface area contributed by atoms with Gasteiger partial charge in [0.25, 0.3) is 0 Å². The number of rotatable bonds is 3. The molecule has 3 heterocycles. The van der Waals surface area contributed by atoms with Crippen molar-refractivity contribution in [3.8, 4) is 0 Å². The lowest BCUT2D eigenvalue weighted by Gasteiger charge is -2.44. The molecule has 2 fully saturated rings. The van der Waals surface area contributed by atoms with E-state index < -0.39 is 0 Å². The second-order valence-electron chi connectivity index (χ2n) is 8.66. The summed E-state index contributed by atoms with van der Waals surface area (Å²) in [7, 11) is 0. The van der Waals surface area contributed by atoms with E-state index in [0.29, 0.717) is 13.1 Å². The maximum Gasteiger partial charge on any atom is 0.241 e. The summed E-state index contributed by atoms with van der Waals surface area (Å²) in [6, 6.07) is 8.14. The van der Waals surface area contributed by atoms with E-state index in [1.807, 2.05) is 28.0 Å². The summed E-state index contributed by atoms with van der Waals surface area (Å²) in [6.45, 7) is 6.46. The molecule has 0 radical (unpaired) electrons. The molecule has 2 saturated heterocycles. The number of hydrogen-bond donors (Lipinski definition) is 1. The molecule has 0 aliphatic carbocycles. The first-order chi connectivity index (χ1) is 13.9. The van der Waals surface area contributed by atoms with Gasteiger partial charge in [0.2, 0.25) is 17.7 Å².